The summed E-state index contributed by atoms with van der Waals surface area (Å²) in [6.07, 6.45) is 0. The lowest BCUT2D eigenvalue weighted by Crippen LogP contribution is -2.54. The Hall–Kier alpha value is -1.92. The van der Waals surface area contributed by atoms with Crippen molar-refractivity contribution in [3.05, 3.63) is 35.9 Å². The van der Waals surface area contributed by atoms with E-state index in [4.69, 9.17) is 19.7 Å². The van der Waals surface area contributed by atoms with Crippen LogP contribution in [0.3, 0.4) is 0 Å². The summed E-state index contributed by atoms with van der Waals surface area (Å²) >= 11 is 0. The van der Waals surface area contributed by atoms with Gasteiger partial charge in [0.05, 0.1) is 13.2 Å². The molecule has 0 atom stereocenters. The molecule has 6 nitrogen and oxygen atoms in total. The number of rotatable bonds is 3. The first-order chi connectivity index (χ1) is 8.91. The summed E-state index contributed by atoms with van der Waals surface area (Å²) < 4.78 is 10.8. The molecule has 102 valence electrons. The summed E-state index contributed by atoms with van der Waals surface area (Å²) in [5.74, 6) is -4.06. The van der Waals surface area contributed by atoms with E-state index in [9.17, 15) is 9.59 Å². The van der Waals surface area contributed by atoms with E-state index in [2.05, 4.69) is 0 Å². The highest BCUT2D eigenvalue weighted by molar-refractivity contribution is 5.98. The smallest absolute Gasteiger partial charge is 0.325 e. The van der Waals surface area contributed by atoms with Crippen LogP contribution < -0.4 is 0 Å². The lowest BCUT2D eigenvalue weighted by atomic mass is 9.88. The highest BCUT2D eigenvalue weighted by atomic mass is 16.7. The molecule has 1 fully saturated rings. The minimum Gasteiger partial charge on any atom is -0.480 e. The third-order valence-electron chi connectivity index (χ3n) is 3.30. The fourth-order valence-electron chi connectivity index (χ4n) is 1.85. The van der Waals surface area contributed by atoms with Crippen LogP contribution in [0.15, 0.2) is 30.3 Å². The van der Waals surface area contributed by atoms with Gasteiger partial charge in [0.1, 0.15) is 0 Å². The van der Waals surface area contributed by atoms with Gasteiger partial charge in [0.25, 0.3) is 0 Å². The summed E-state index contributed by atoms with van der Waals surface area (Å²) in [6.45, 7) is 0.752. The maximum Gasteiger partial charge on any atom is 0.325 e. The molecule has 0 bridgehead atoms. The summed E-state index contributed by atoms with van der Waals surface area (Å²) in [6, 6.07) is 8.96. The number of hydrogen-bond donors (Lipinski definition) is 2. The second-order valence-electron chi connectivity index (χ2n) is 4.58. The number of carbonyl (C=O) groups is 2. The Morgan fingerprint density at radius 2 is 1.53 bits per heavy atom. The highest BCUT2D eigenvalue weighted by Gasteiger charge is 2.54. The molecule has 0 aliphatic carbocycles. The van der Waals surface area contributed by atoms with Crippen LogP contribution in [0.4, 0.5) is 0 Å². The van der Waals surface area contributed by atoms with Gasteiger partial charge in [-0.25, -0.2) is 0 Å². The molecule has 0 saturated carbocycles. The van der Waals surface area contributed by atoms with E-state index in [0.717, 1.165) is 0 Å². The van der Waals surface area contributed by atoms with E-state index >= 15 is 0 Å². The zero-order chi connectivity index (χ0) is 14.1. The molecule has 1 aromatic rings. The summed E-state index contributed by atoms with van der Waals surface area (Å²) in [5, 5.41) is 18.1. The Labute approximate surface area is 109 Å². The predicted octanol–water partition coefficient (Wildman–Crippen LogP) is 1.06. The van der Waals surface area contributed by atoms with E-state index < -0.39 is 36.4 Å². The van der Waals surface area contributed by atoms with Crippen molar-refractivity contribution in [1.82, 2.24) is 0 Å². The van der Waals surface area contributed by atoms with E-state index in [1.165, 1.54) is 0 Å². The second kappa shape index (κ2) is 4.64. The first kappa shape index (κ1) is 13.5. The lowest BCUT2D eigenvalue weighted by molar-refractivity contribution is -0.298. The first-order valence-electron chi connectivity index (χ1n) is 5.71. The number of carboxylic acids is 2. The van der Waals surface area contributed by atoms with Crippen LogP contribution in [-0.4, -0.2) is 35.4 Å². The molecule has 1 heterocycles. The molecule has 2 N–H and O–H groups in total. The van der Waals surface area contributed by atoms with Crippen molar-refractivity contribution in [2.45, 2.75) is 12.7 Å². The molecule has 0 amide bonds. The molecular formula is C13H14O6. The van der Waals surface area contributed by atoms with Crippen molar-refractivity contribution in [3.8, 4) is 0 Å². The summed E-state index contributed by atoms with van der Waals surface area (Å²) in [5.41, 5.74) is -1.34. The van der Waals surface area contributed by atoms with Crippen LogP contribution >= 0.6 is 0 Å². The van der Waals surface area contributed by atoms with Crippen LogP contribution in [0.25, 0.3) is 0 Å². The van der Waals surface area contributed by atoms with Gasteiger partial charge in [-0.05, 0) is 6.92 Å². The predicted molar refractivity (Wildman–Crippen MR) is 63.4 cm³/mol. The van der Waals surface area contributed by atoms with Gasteiger partial charge >= 0.3 is 11.9 Å². The summed E-state index contributed by atoms with van der Waals surface area (Å²) in [4.78, 5) is 22.2. The number of hydrogen-bond acceptors (Lipinski definition) is 4. The maximum absolute atomic E-state index is 11.1. The third-order valence-corrected chi connectivity index (χ3v) is 3.30. The molecule has 19 heavy (non-hydrogen) atoms. The van der Waals surface area contributed by atoms with Crippen LogP contribution in [-0.2, 0) is 24.8 Å². The Balaban J connectivity index is 2.23. The topological polar surface area (TPSA) is 93.1 Å². The molecule has 0 spiro atoms. The largest absolute Gasteiger partial charge is 0.480 e. The Kier molecular flexibility index (Phi) is 3.30. The number of ether oxygens (including phenoxy) is 2. The van der Waals surface area contributed by atoms with Gasteiger partial charge < -0.3 is 19.7 Å². The zero-order valence-corrected chi connectivity index (χ0v) is 10.3. The van der Waals surface area contributed by atoms with Crippen molar-refractivity contribution in [1.29, 1.82) is 0 Å². The molecule has 0 aromatic heterocycles. The molecular weight excluding hydrogens is 252 g/mol. The van der Waals surface area contributed by atoms with Gasteiger partial charge in [0, 0.05) is 5.56 Å². The average molecular weight is 266 g/mol. The van der Waals surface area contributed by atoms with Gasteiger partial charge in [0.2, 0.25) is 5.41 Å². The molecule has 1 aliphatic rings. The van der Waals surface area contributed by atoms with Crippen LogP contribution in [0.1, 0.15) is 12.5 Å². The molecule has 6 heteroatoms. The third kappa shape index (κ3) is 2.20. The van der Waals surface area contributed by atoms with Crippen LogP contribution in [0, 0.1) is 5.41 Å². The molecule has 1 saturated heterocycles. The normalized spacial score (nSPS) is 20.7. The standard InChI is InChI=1S/C13H14O6/c1-12(9-5-3-2-4-6-9)18-7-13(8-19-12,10(14)15)11(16)17/h2-6H,7-8H2,1H3,(H,14,15)(H,16,17). The number of aliphatic carboxylic acids is 2. The van der Waals surface area contributed by atoms with E-state index in [-0.39, 0.29) is 0 Å². The number of benzene rings is 1. The Morgan fingerprint density at radius 1 is 1.05 bits per heavy atom. The van der Waals surface area contributed by atoms with E-state index in [1.54, 1.807) is 31.2 Å². The highest BCUT2D eigenvalue weighted by Crippen LogP contribution is 2.36. The van der Waals surface area contributed by atoms with Crippen molar-refractivity contribution in [3.63, 3.8) is 0 Å². The average Bonchev–Trinajstić information content (AvgIpc) is 2.40. The van der Waals surface area contributed by atoms with Gasteiger partial charge in [0.15, 0.2) is 5.79 Å². The second-order valence-corrected chi connectivity index (χ2v) is 4.58. The molecule has 0 radical (unpaired) electrons. The fourth-order valence-corrected chi connectivity index (χ4v) is 1.85. The molecule has 1 aliphatic heterocycles. The monoisotopic (exact) mass is 266 g/mol. The first-order valence-corrected chi connectivity index (χ1v) is 5.71. The van der Waals surface area contributed by atoms with E-state index in [1.807, 2.05) is 6.07 Å². The molecule has 0 unspecified atom stereocenters. The van der Waals surface area contributed by atoms with Crippen LogP contribution in [0.2, 0.25) is 0 Å². The Bertz CT molecular complexity index is 471. The fraction of sp³-hybridized carbons (Fsp3) is 0.385. The minimum absolute atomic E-state index is 0.441. The minimum atomic E-state index is -2.05. The van der Waals surface area contributed by atoms with Crippen molar-refractivity contribution >= 4 is 11.9 Å². The number of carboxylic acid groups (broad SMARTS) is 2. The SMILES string of the molecule is CC1(c2ccccc2)OCC(C(=O)O)(C(=O)O)CO1. The van der Waals surface area contributed by atoms with Gasteiger partial charge in [-0.15, -0.1) is 0 Å². The molecule has 2 rings (SSSR count). The van der Waals surface area contributed by atoms with E-state index in [0.29, 0.717) is 5.56 Å². The zero-order valence-electron chi connectivity index (χ0n) is 10.3. The van der Waals surface area contributed by atoms with Gasteiger partial charge in [-0.1, -0.05) is 30.3 Å². The van der Waals surface area contributed by atoms with Crippen molar-refractivity contribution < 1.29 is 29.3 Å². The van der Waals surface area contributed by atoms with Gasteiger partial charge in [-0.2, -0.15) is 0 Å². The lowest BCUT2D eigenvalue weighted by Gasteiger charge is -2.40. The maximum atomic E-state index is 11.1. The van der Waals surface area contributed by atoms with Crippen molar-refractivity contribution in [2.24, 2.45) is 5.41 Å². The quantitative estimate of drug-likeness (QED) is 0.795. The Morgan fingerprint density at radius 3 is 1.95 bits per heavy atom. The van der Waals surface area contributed by atoms with Crippen molar-refractivity contribution in [2.75, 3.05) is 13.2 Å². The van der Waals surface area contributed by atoms with Crippen LogP contribution in [0.5, 0.6) is 0 Å². The molecule has 1 aromatic carbocycles. The van der Waals surface area contributed by atoms with Gasteiger partial charge in [-0.3, -0.25) is 9.59 Å². The summed E-state index contributed by atoms with van der Waals surface area (Å²) in [7, 11) is 0.